The number of nitrogens with zero attached hydrogens (tertiary/aromatic N) is 1. The Morgan fingerprint density at radius 2 is 2.00 bits per heavy atom. The maximum Gasteiger partial charge on any atom is 0.410 e. The Morgan fingerprint density at radius 3 is 2.50 bits per heavy atom. The Hall–Kier alpha value is -1.26. The van der Waals surface area contributed by atoms with Crippen LogP contribution in [0, 0.1) is 0 Å². The second-order valence-corrected chi connectivity index (χ2v) is 6.48. The summed E-state index contributed by atoms with van der Waals surface area (Å²) in [4.78, 5) is 13.6. The molecule has 4 nitrogen and oxygen atoms in total. The highest BCUT2D eigenvalue weighted by Crippen LogP contribution is 2.37. The number of hydrogen-bond donors (Lipinski definition) is 0. The van der Waals surface area contributed by atoms with Crippen LogP contribution in [0.2, 0.25) is 5.02 Å². The molecule has 110 valence electrons. The topological polar surface area (TPSA) is 38.8 Å². The van der Waals surface area contributed by atoms with E-state index in [1.807, 2.05) is 45.0 Å². The molecular weight excluding hydrogens is 278 g/mol. The molecule has 1 aliphatic rings. The zero-order valence-electron chi connectivity index (χ0n) is 12.3. The molecule has 1 aromatic rings. The molecule has 2 rings (SSSR count). The van der Waals surface area contributed by atoms with Crippen LogP contribution in [0.5, 0.6) is 0 Å². The third-order valence-electron chi connectivity index (χ3n) is 3.29. The van der Waals surface area contributed by atoms with E-state index in [-0.39, 0.29) is 6.09 Å². The van der Waals surface area contributed by atoms with E-state index >= 15 is 0 Å². The van der Waals surface area contributed by atoms with Gasteiger partial charge in [-0.2, -0.15) is 0 Å². The second-order valence-electron chi connectivity index (χ2n) is 6.05. The van der Waals surface area contributed by atoms with Crippen molar-refractivity contribution < 1.29 is 14.3 Å². The fraction of sp³-hybridized carbons (Fsp3) is 0.533. The number of ether oxygens (including phenoxy) is 2. The maximum absolute atomic E-state index is 12.0. The van der Waals surface area contributed by atoms with Gasteiger partial charge in [-0.1, -0.05) is 23.7 Å². The van der Waals surface area contributed by atoms with Crippen molar-refractivity contribution in [1.82, 2.24) is 4.90 Å². The number of carbonyl (C=O) groups excluding carboxylic acids is 1. The molecule has 1 aliphatic heterocycles. The number of halogens is 1. The number of methoxy groups -OCH3 is 1. The van der Waals surface area contributed by atoms with Crippen LogP contribution in [0.1, 0.15) is 26.3 Å². The van der Waals surface area contributed by atoms with E-state index in [9.17, 15) is 4.79 Å². The minimum Gasteiger partial charge on any atom is -0.444 e. The molecule has 0 aromatic heterocycles. The molecule has 20 heavy (non-hydrogen) atoms. The standard InChI is InChI=1S/C15H20ClNO3/c1-14(2,3)20-13(18)17-9-15(10-17,19-4)11-6-5-7-12(16)8-11/h5-8H,9-10H2,1-4H3. The summed E-state index contributed by atoms with van der Waals surface area (Å²) in [6.07, 6.45) is -0.313. The highest BCUT2D eigenvalue weighted by Gasteiger charge is 2.48. The molecule has 0 bridgehead atoms. The number of amides is 1. The largest absolute Gasteiger partial charge is 0.444 e. The van der Waals surface area contributed by atoms with Crippen LogP contribution in [0.15, 0.2) is 24.3 Å². The first-order chi connectivity index (χ1) is 9.26. The van der Waals surface area contributed by atoms with Crippen molar-refractivity contribution in [3.8, 4) is 0 Å². The molecule has 1 saturated heterocycles. The number of likely N-dealkylation sites (tertiary alicyclic amines) is 1. The highest BCUT2D eigenvalue weighted by atomic mass is 35.5. The molecule has 0 N–H and O–H groups in total. The minimum absolute atomic E-state index is 0.313. The molecule has 0 atom stereocenters. The van der Waals surface area contributed by atoms with E-state index in [0.29, 0.717) is 18.1 Å². The lowest BCUT2D eigenvalue weighted by atomic mass is 9.86. The van der Waals surface area contributed by atoms with Crippen LogP contribution >= 0.6 is 11.6 Å². The molecule has 1 fully saturated rings. The first-order valence-electron chi connectivity index (χ1n) is 6.55. The summed E-state index contributed by atoms with van der Waals surface area (Å²) < 4.78 is 11.0. The lowest BCUT2D eigenvalue weighted by Crippen LogP contribution is -2.62. The van der Waals surface area contributed by atoms with Gasteiger partial charge in [0, 0.05) is 12.1 Å². The van der Waals surface area contributed by atoms with Gasteiger partial charge in [0.05, 0.1) is 13.1 Å². The van der Waals surface area contributed by atoms with Crippen molar-refractivity contribution >= 4 is 17.7 Å². The summed E-state index contributed by atoms with van der Waals surface area (Å²) >= 11 is 6.01. The van der Waals surface area contributed by atoms with E-state index in [0.717, 1.165) is 5.56 Å². The van der Waals surface area contributed by atoms with Gasteiger partial charge in [0.1, 0.15) is 11.2 Å². The van der Waals surface area contributed by atoms with Gasteiger partial charge in [0.15, 0.2) is 0 Å². The van der Waals surface area contributed by atoms with Gasteiger partial charge in [0.25, 0.3) is 0 Å². The maximum atomic E-state index is 12.0. The average Bonchev–Trinajstić information content (AvgIpc) is 2.26. The molecule has 0 spiro atoms. The third kappa shape index (κ3) is 3.07. The fourth-order valence-corrected chi connectivity index (χ4v) is 2.42. The van der Waals surface area contributed by atoms with Crippen LogP contribution in [-0.4, -0.2) is 36.8 Å². The SMILES string of the molecule is COC1(c2cccc(Cl)c2)CN(C(=O)OC(C)(C)C)C1. The van der Waals surface area contributed by atoms with Crippen LogP contribution in [0.3, 0.4) is 0 Å². The lowest BCUT2D eigenvalue weighted by molar-refractivity contribution is -0.127. The average molecular weight is 298 g/mol. The van der Waals surface area contributed by atoms with Crippen LogP contribution in [0.4, 0.5) is 4.79 Å². The summed E-state index contributed by atoms with van der Waals surface area (Å²) in [6, 6.07) is 7.53. The zero-order valence-corrected chi connectivity index (χ0v) is 13.0. The highest BCUT2D eigenvalue weighted by molar-refractivity contribution is 6.30. The van der Waals surface area contributed by atoms with E-state index in [4.69, 9.17) is 21.1 Å². The van der Waals surface area contributed by atoms with E-state index < -0.39 is 11.2 Å². The Labute approximate surface area is 124 Å². The van der Waals surface area contributed by atoms with Crippen molar-refractivity contribution in [3.63, 3.8) is 0 Å². The molecule has 0 aliphatic carbocycles. The van der Waals surface area contributed by atoms with Gasteiger partial charge in [-0.25, -0.2) is 4.79 Å². The predicted octanol–water partition coefficient (Wildman–Crippen LogP) is 3.43. The molecule has 1 aromatic carbocycles. The predicted molar refractivity (Wildman–Crippen MR) is 77.9 cm³/mol. The molecule has 0 radical (unpaired) electrons. The van der Waals surface area contributed by atoms with Crippen LogP contribution in [0.25, 0.3) is 0 Å². The summed E-state index contributed by atoms with van der Waals surface area (Å²) in [5, 5.41) is 0.662. The second kappa shape index (κ2) is 5.26. The summed E-state index contributed by atoms with van der Waals surface area (Å²) in [7, 11) is 1.65. The van der Waals surface area contributed by atoms with Crippen LogP contribution in [-0.2, 0) is 15.1 Å². The third-order valence-corrected chi connectivity index (χ3v) is 3.52. The number of carbonyl (C=O) groups is 1. The quantitative estimate of drug-likeness (QED) is 0.839. The van der Waals surface area contributed by atoms with Crippen molar-refractivity contribution in [2.75, 3.05) is 20.2 Å². The van der Waals surface area contributed by atoms with Crippen LogP contribution < -0.4 is 0 Å². The number of benzene rings is 1. The number of hydrogen-bond acceptors (Lipinski definition) is 3. The van der Waals surface area contributed by atoms with Gasteiger partial charge in [-0.15, -0.1) is 0 Å². The zero-order chi connectivity index (χ0) is 15.0. The first-order valence-corrected chi connectivity index (χ1v) is 6.93. The summed E-state index contributed by atoms with van der Waals surface area (Å²) in [6.45, 7) is 6.50. The molecule has 5 heteroatoms. The smallest absolute Gasteiger partial charge is 0.410 e. The van der Waals surface area contributed by atoms with Gasteiger partial charge < -0.3 is 14.4 Å². The van der Waals surface area contributed by atoms with E-state index in [1.165, 1.54) is 0 Å². The van der Waals surface area contributed by atoms with Gasteiger partial charge in [0.2, 0.25) is 0 Å². The molecule has 1 heterocycles. The minimum atomic E-state index is -0.488. The first kappa shape index (κ1) is 15.1. The molecule has 0 unspecified atom stereocenters. The van der Waals surface area contributed by atoms with Crippen molar-refractivity contribution in [2.45, 2.75) is 32.0 Å². The number of rotatable bonds is 2. The lowest BCUT2D eigenvalue weighted by Gasteiger charge is -2.49. The fourth-order valence-electron chi connectivity index (χ4n) is 2.23. The molecular formula is C15H20ClNO3. The van der Waals surface area contributed by atoms with Gasteiger partial charge >= 0.3 is 6.09 Å². The van der Waals surface area contributed by atoms with Gasteiger partial charge in [-0.05, 0) is 38.5 Å². The Morgan fingerprint density at radius 1 is 1.35 bits per heavy atom. The molecule has 1 amide bonds. The molecule has 0 saturated carbocycles. The van der Waals surface area contributed by atoms with E-state index in [2.05, 4.69) is 0 Å². The van der Waals surface area contributed by atoms with E-state index in [1.54, 1.807) is 12.0 Å². The van der Waals surface area contributed by atoms with Crippen molar-refractivity contribution in [1.29, 1.82) is 0 Å². The summed E-state index contributed by atoms with van der Waals surface area (Å²) in [5.41, 5.74) is 0.00703. The summed E-state index contributed by atoms with van der Waals surface area (Å²) in [5.74, 6) is 0. The Kier molecular flexibility index (Phi) is 3.98. The van der Waals surface area contributed by atoms with Crippen molar-refractivity contribution in [2.24, 2.45) is 0 Å². The Balaban J connectivity index is 2.07. The van der Waals surface area contributed by atoms with Gasteiger partial charge in [-0.3, -0.25) is 0 Å². The normalized spacial score (nSPS) is 17.6. The monoisotopic (exact) mass is 297 g/mol. The Bertz CT molecular complexity index is 504. The van der Waals surface area contributed by atoms with Crippen molar-refractivity contribution in [3.05, 3.63) is 34.9 Å².